The number of methoxy groups -OCH3 is 1. The molecular weight excluding hydrogens is 170 g/mol. The zero-order valence-electron chi connectivity index (χ0n) is 7.94. The first kappa shape index (κ1) is 9.73. The number of aryl methyl sites for hydroxylation is 1. The molecule has 0 fully saturated rings. The fourth-order valence-electron chi connectivity index (χ4n) is 1.25. The summed E-state index contributed by atoms with van der Waals surface area (Å²) in [6, 6.07) is -0.235. The predicted molar refractivity (Wildman–Crippen MR) is 47.1 cm³/mol. The molecule has 0 spiro atoms. The number of aromatic nitrogens is 2. The van der Waals surface area contributed by atoms with E-state index >= 15 is 0 Å². The molecule has 5 heteroatoms. The summed E-state index contributed by atoms with van der Waals surface area (Å²) in [4.78, 5) is 11.2. The van der Waals surface area contributed by atoms with Gasteiger partial charge in [0.05, 0.1) is 19.0 Å². The molecular formula is C8H13N3O2. The molecule has 0 saturated carbocycles. The highest BCUT2D eigenvalue weighted by Crippen LogP contribution is 2.15. The first-order chi connectivity index (χ1) is 6.07. The van der Waals surface area contributed by atoms with Crippen LogP contribution >= 0.6 is 0 Å². The van der Waals surface area contributed by atoms with Crippen molar-refractivity contribution in [1.29, 1.82) is 0 Å². The minimum atomic E-state index is -0.402. The van der Waals surface area contributed by atoms with Crippen LogP contribution in [0.5, 0.6) is 0 Å². The molecule has 0 aliphatic heterocycles. The van der Waals surface area contributed by atoms with Gasteiger partial charge in [0.15, 0.2) is 0 Å². The summed E-state index contributed by atoms with van der Waals surface area (Å²) in [6.45, 7) is 1.80. The SMILES string of the molecule is COC(=O)c1cnn(C)c1[C@H](C)N. The average molecular weight is 183 g/mol. The van der Waals surface area contributed by atoms with Gasteiger partial charge in [-0.3, -0.25) is 4.68 Å². The van der Waals surface area contributed by atoms with Crippen molar-refractivity contribution in [3.63, 3.8) is 0 Å². The van der Waals surface area contributed by atoms with Gasteiger partial charge in [-0.15, -0.1) is 0 Å². The van der Waals surface area contributed by atoms with Crippen LogP contribution in [0.3, 0.4) is 0 Å². The first-order valence-corrected chi connectivity index (χ1v) is 3.93. The van der Waals surface area contributed by atoms with E-state index < -0.39 is 5.97 Å². The molecule has 1 rings (SSSR count). The minimum absolute atomic E-state index is 0.235. The Bertz CT molecular complexity index is 317. The summed E-state index contributed by atoms with van der Waals surface area (Å²) in [5.41, 5.74) is 6.80. The summed E-state index contributed by atoms with van der Waals surface area (Å²) >= 11 is 0. The lowest BCUT2D eigenvalue weighted by molar-refractivity contribution is 0.0598. The van der Waals surface area contributed by atoms with Gasteiger partial charge >= 0.3 is 5.97 Å². The maximum Gasteiger partial charge on any atom is 0.341 e. The normalized spacial score (nSPS) is 12.6. The Morgan fingerprint density at radius 2 is 2.38 bits per heavy atom. The highest BCUT2D eigenvalue weighted by atomic mass is 16.5. The Labute approximate surface area is 76.5 Å². The number of hydrogen-bond donors (Lipinski definition) is 1. The van der Waals surface area contributed by atoms with Crippen LogP contribution in [-0.4, -0.2) is 22.9 Å². The zero-order valence-corrected chi connectivity index (χ0v) is 7.94. The number of nitrogens with two attached hydrogens (primary N) is 1. The Hall–Kier alpha value is -1.36. The van der Waals surface area contributed by atoms with E-state index in [2.05, 4.69) is 9.84 Å². The number of nitrogens with zero attached hydrogens (tertiary/aromatic N) is 2. The molecule has 13 heavy (non-hydrogen) atoms. The average Bonchev–Trinajstić information content (AvgIpc) is 2.45. The Balaban J connectivity index is 3.15. The van der Waals surface area contributed by atoms with Gasteiger partial charge in [-0.05, 0) is 6.92 Å². The number of carbonyl (C=O) groups excluding carboxylic acids is 1. The van der Waals surface area contributed by atoms with E-state index in [4.69, 9.17) is 5.73 Å². The van der Waals surface area contributed by atoms with Gasteiger partial charge in [-0.2, -0.15) is 5.10 Å². The third kappa shape index (κ3) is 1.70. The van der Waals surface area contributed by atoms with Crippen molar-refractivity contribution in [1.82, 2.24) is 9.78 Å². The number of carbonyl (C=O) groups is 1. The number of ether oxygens (including phenoxy) is 1. The Morgan fingerprint density at radius 3 is 2.85 bits per heavy atom. The molecule has 0 aliphatic carbocycles. The number of esters is 1. The quantitative estimate of drug-likeness (QED) is 0.666. The third-order valence-corrected chi connectivity index (χ3v) is 1.82. The Kier molecular flexibility index (Phi) is 2.67. The van der Waals surface area contributed by atoms with Crippen molar-refractivity contribution < 1.29 is 9.53 Å². The van der Waals surface area contributed by atoms with Crippen LogP contribution in [0.2, 0.25) is 0 Å². The summed E-state index contributed by atoms with van der Waals surface area (Å²) in [6.07, 6.45) is 1.46. The standard InChI is InChI=1S/C8H13N3O2/c1-5(9)7-6(8(12)13-3)4-10-11(7)2/h4-5H,9H2,1-3H3/t5-/m0/s1. The fourth-order valence-corrected chi connectivity index (χ4v) is 1.25. The van der Waals surface area contributed by atoms with Crippen LogP contribution < -0.4 is 5.73 Å². The second-order valence-electron chi connectivity index (χ2n) is 2.85. The molecule has 1 atom stereocenters. The van der Waals surface area contributed by atoms with Gasteiger partial charge in [0.1, 0.15) is 5.56 Å². The monoisotopic (exact) mass is 183 g/mol. The summed E-state index contributed by atoms with van der Waals surface area (Å²) in [5.74, 6) is -0.402. The molecule has 1 aromatic rings. The maximum atomic E-state index is 11.2. The minimum Gasteiger partial charge on any atom is -0.465 e. The van der Waals surface area contributed by atoms with Crippen molar-refractivity contribution in [2.45, 2.75) is 13.0 Å². The second kappa shape index (κ2) is 3.57. The molecule has 72 valence electrons. The van der Waals surface area contributed by atoms with Gasteiger partial charge in [0.2, 0.25) is 0 Å². The van der Waals surface area contributed by atoms with Gasteiger partial charge in [0.25, 0.3) is 0 Å². The van der Waals surface area contributed by atoms with Crippen LogP contribution in [0.15, 0.2) is 6.20 Å². The molecule has 0 aliphatic rings. The third-order valence-electron chi connectivity index (χ3n) is 1.82. The van der Waals surface area contributed by atoms with Crippen LogP contribution in [-0.2, 0) is 11.8 Å². The number of rotatable bonds is 2. The van der Waals surface area contributed by atoms with E-state index in [0.29, 0.717) is 11.3 Å². The molecule has 5 nitrogen and oxygen atoms in total. The van der Waals surface area contributed by atoms with Gasteiger partial charge in [-0.25, -0.2) is 4.79 Å². The largest absolute Gasteiger partial charge is 0.465 e. The van der Waals surface area contributed by atoms with E-state index in [1.54, 1.807) is 18.7 Å². The smallest absolute Gasteiger partial charge is 0.341 e. The second-order valence-corrected chi connectivity index (χ2v) is 2.85. The van der Waals surface area contributed by atoms with Gasteiger partial charge in [0, 0.05) is 13.1 Å². The maximum absolute atomic E-state index is 11.2. The molecule has 1 heterocycles. The molecule has 1 aromatic heterocycles. The van der Waals surface area contributed by atoms with Crippen molar-refractivity contribution in [3.8, 4) is 0 Å². The van der Waals surface area contributed by atoms with Crippen LogP contribution in [0, 0.1) is 0 Å². The fraction of sp³-hybridized carbons (Fsp3) is 0.500. The van der Waals surface area contributed by atoms with Gasteiger partial charge in [-0.1, -0.05) is 0 Å². The van der Waals surface area contributed by atoms with Crippen LogP contribution in [0.1, 0.15) is 29.0 Å². The summed E-state index contributed by atoms with van der Waals surface area (Å²) in [5, 5.41) is 3.94. The van der Waals surface area contributed by atoms with Gasteiger partial charge < -0.3 is 10.5 Å². The van der Waals surface area contributed by atoms with E-state index in [1.807, 2.05) is 0 Å². The van der Waals surface area contributed by atoms with Crippen LogP contribution in [0.4, 0.5) is 0 Å². The first-order valence-electron chi connectivity index (χ1n) is 3.93. The number of hydrogen-bond acceptors (Lipinski definition) is 4. The summed E-state index contributed by atoms with van der Waals surface area (Å²) < 4.78 is 6.17. The lowest BCUT2D eigenvalue weighted by Gasteiger charge is -2.07. The molecule has 0 radical (unpaired) electrons. The molecule has 2 N–H and O–H groups in total. The zero-order chi connectivity index (χ0) is 10.0. The predicted octanol–water partition coefficient (Wildman–Crippen LogP) is 0.226. The Morgan fingerprint density at radius 1 is 1.77 bits per heavy atom. The highest BCUT2D eigenvalue weighted by molar-refractivity contribution is 5.90. The lowest BCUT2D eigenvalue weighted by Crippen LogP contribution is -2.15. The highest BCUT2D eigenvalue weighted by Gasteiger charge is 2.18. The van der Waals surface area contributed by atoms with E-state index in [0.717, 1.165) is 0 Å². The van der Waals surface area contributed by atoms with Crippen molar-refractivity contribution in [3.05, 3.63) is 17.5 Å². The lowest BCUT2D eigenvalue weighted by atomic mass is 10.1. The summed E-state index contributed by atoms with van der Waals surface area (Å²) in [7, 11) is 3.07. The topological polar surface area (TPSA) is 70.1 Å². The van der Waals surface area contributed by atoms with Crippen molar-refractivity contribution >= 4 is 5.97 Å². The van der Waals surface area contributed by atoms with Crippen LogP contribution in [0.25, 0.3) is 0 Å². The van der Waals surface area contributed by atoms with Crippen molar-refractivity contribution in [2.75, 3.05) is 7.11 Å². The molecule has 0 saturated heterocycles. The molecule has 0 unspecified atom stereocenters. The molecule has 0 amide bonds. The molecule has 0 aromatic carbocycles. The molecule has 0 bridgehead atoms. The van der Waals surface area contributed by atoms with E-state index in [1.165, 1.54) is 13.3 Å². The van der Waals surface area contributed by atoms with E-state index in [-0.39, 0.29) is 6.04 Å². The van der Waals surface area contributed by atoms with E-state index in [9.17, 15) is 4.79 Å². The van der Waals surface area contributed by atoms with Crippen molar-refractivity contribution in [2.24, 2.45) is 12.8 Å².